The summed E-state index contributed by atoms with van der Waals surface area (Å²) >= 11 is 0. The van der Waals surface area contributed by atoms with Crippen molar-refractivity contribution in [2.75, 3.05) is 0 Å². The molecule has 0 N–H and O–H groups in total. The summed E-state index contributed by atoms with van der Waals surface area (Å²) in [6, 6.07) is 0. The van der Waals surface area contributed by atoms with E-state index < -0.39 is 4.92 Å². The normalized spacial score (nSPS) is 11.6. The van der Waals surface area contributed by atoms with Crippen LogP contribution in [0.25, 0.3) is 0 Å². The third kappa shape index (κ3) is 5.28. The van der Waals surface area contributed by atoms with Crippen LogP contribution in [0.5, 0.6) is 0 Å². The van der Waals surface area contributed by atoms with E-state index >= 15 is 0 Å². The molecule has 10 heavy (non-hydrogen) atoms. The Morgan fingerprint density at radius 3 is 2.70 bits per heavy atom. The van der Waals surface area contributed by atoms with Crippen molar-refractivity contribution in [2.24, 2.45) is 0 Å². The minimum atomic E-state index is -0.398. The maximum Gasteiger partial charge on any atom is 0.233 e. The van der Waals surface area contributed by atoms with E-state index in [9.17, 15) is 10.1 Å². The van der Waals surface area contributed by atoms with E-state index in [2.05, 4.69) is 6.92 Å². The molecule has 0 radical (unpaired) electrons. The van der Waals surface area contributed by atoms with E-state index in [-0.39, 0.29) is 0 Å². The molecule has 3 nitrogen and oxygen atoms in total. The van der Waals surface area contributed by atoms with Crippen molar-refractivity contribution in [2.45, 2.75) is 33.1 Å². The molecule has 0 unspecified atom stereocenters. The van der Waals surface area contributed by atoms with Crippen LogP contribution in [0, 0.1) is 10.1 Å². The van der Waals surface area contributed by atoms with E-state index in [0.717, 1.165) is 31.0 Å². The van der Waals surface area contributed by atoms with Gasteiger partial charge in [-0.05, 0) is 25.3 Å². The molecule has 0 amide bonds. The van der Waals surface area contributed by atoms with Gasteiger partial charge in [0.2, 0.25) is 6.20 Å². The summed E-state index contributed by atoms with van der Waals surface area (Å²) < 4.78 is 0. The lowest BCUT2D eigenvalue weighted by Gasteiger charge is -1.93. The van der Waals surface area contributed by atoms with Crippen molar-refractivity contribution in [3.63, 3.8) is 0 Å². The van der Waals surface area contributed by atoms with Crippen molar-refractivity contribution in [1.29, 1.82) is 0 Å². The monoisotopic (exact) mass is 143 g/mol. The summed E-state index contributed by atoms with van der Waals surface area (Å²) in [6.07, 6.45) is 4.05. The molecule has 0 aliphatic heterocycles. The summed E-state index contributed by atoms with van der Waals surface area (Å²) in [7, 11) is 0. The van der Waals surface area contributed by atoms with E-state index in [1.165, 1.54) is 0 Å². The molecule has 0 atom stereocenters. The number of nitro groups is 1. The van der Waals surface area contributed by atoms with Gasteiger partial charge in [0.1, 0.15) is 0 Å². The zero-order valence-corrected chi connectivity index (χ0v) is 6.46. The van der Waals surface area contributed by atoms with Crippen LogP contribution in [0.1, 0.15) is 33.1 Å². The molecule has 0 heterocycles. The number of rotatable bonds is 4. The maximum atomic E-state index is 9.90. The third-order valence-electron chi connectivity index (χ3n) is 1.25. The summed E-state index contributed by atoms with van der Waals surface area (Å²) in [5.41, 5.74) is 0.854. The van der Waals surface area contributed by atoms with Gasteiger partial charge in [0.05, 0.1) is 4.92 Å². The van der Waals surface area contributed by atoms with E-state index in [1.54, 1.807) is 6.92 Å². The van der Waals surface area contributed by atoms with Gasteiger partial charge in [0.15, 0.2) is 0 Å². The standard InChI is InChI=1S/C7H13NO2/c1-3-4-5-7(2)6-8(9)10/h6H,3-5H2,1-2H3/b7-6+. The number of allylic oxidation sites excluding steroid dienone is 1. The topological polar surface area (TPSA) is 43.1 Å². The highest BCUT2D eigenvalue weighted by Crippen LogP contribution is 2.04. The smallest absolute Gasteiger partial charge is 0.233 e. The Morgan fingerprint density at radius 1 is 1.70 bits per heavy atom. The molecule has 0 saturated carbocycles. The number of nitrogens with zero attached hydrogens (tertiary/aromatic N) is 1. The second-order valence-electron chi connectivity index (χ2n) is 2.36. The van der Waals surface area contributed by atoms with E-state index in [0.29, 0.717) is 0 Å². The van der Waals surface area contributed by atoms with E-state index in [1.807, 2.05) is 0 Å². The first-order valence-electron chi connectivity index (χ1n) is 3.47. The second-order valence-corrected chi connectivity index (χ2v) is 2.36. The Bertz CT molecular complexity index is 141. The van der Waals surface area contributed by atoms with Gasteiger partial charge in [-0.15, -0.1) is 0 Å². The van der Waals surface area contributed by atoms with Crippen molar-refractivity contribution < 1.29 is 4.92 Å². The minimum Gasteiger partial charge on any atom is -0.259 e. The summed E-state index contributed by atoms with van der Waals surface area (Å²) in [4.78, 5) is 9.50. The molecule has 0 aromatic rings. The SMILES string of the molecule is CCCC/C(C)=C/[N+](=O)[O-]. The predicted molar refractivity (Wildman–Crippen MR) is 40.3 cm³/mol. The Kier molecular flexibility index (Phi) is 4.54. The van der Waals surface area contributed by atoms with Gasteiger partial charge in [0, 0.05) is 0 Å². The predicted octanol–water partition coefficient (Wildman–Crippen LogP) is 2.36. The first kappa shape index (κ1) is 9.14. The molecule has 0 fully saturated rings. The summed E-state index contributed by atoms with van der Waals surface area (Å²) in [6.45, 7) is 3.86. The van der Waals surface area contributed by atoms with Crippen LogP contribution in [0.2, 0.25) is 0 Å². The quantitative estimate of drug-likeness (QED) is 0.448. The number of hydrogen-bond donors (Lipinski definition) is 0. The van der Waals surface area contributed by atoms with Gasteiger partial charge in [-0.1, -0.05) is 13.3 Å². The van der Waals surface area contributed by atoms with Gasteiger partial charge in [-0.25, -0.2) is 0 Å². The van der Waals surface area contributed by atoms with Gasteiger partial charge < -0.3 is 0 Å². The van der Waals surface area contributed by atoms with Crippen LogP contribution in [0.3, 0.4) is 0 Å². The molecule has 0 saturated heterocycles. The molecule has 0 rings (SSSR count). The Hall–Kier alpha value is -0.860. The lowest BCUT2D eigenvalue weighted by molar-refractivity contribution is -0.403. The first-order chi connectivity index (χ1) is 4.66. The molecular weight excluding hydrogens is 130 g/mol. The lowest BCUT2D eigenvalue weighted by Crippen LogP contribution is -1.87. The highest BCUT2D eigenvalue weighted by atomic mass is 16.6. The highest BCUT2D eigenvalue weighted by molar-refractivity contribution is 4.91. The molecule has 0 bridgehead atoms. The summed E-state index contributed by atoms with van der Waals surface area (Å²) in [5, 5.41) is 9.90. The zero-order valence-electron chi connectivity index (χ0n) is 6.46. The van der Waals surface area contributed by atoms with Crippen molar-refractivity contribution in [1.82, 2.24) is 0 Å². The largest absolute Gasteiger partial charge is 0.259 e. The van der Waals surface area contributed by atoms with Gasteiger partial charge in [-0.3, -0.25) is 10.1 Å². The minimum absolute atomic E-state index is 0.398. The molecule has 58 valence electrons. The molecule has 0 spiro atoms. The van der Waals surface area contributed by atoms with Gasteiger partial charge in [-0.2, -0.15) is 0 Å². The second kappa shape index (κ2) is 4.97. The fraction of sp³-hybridized carbons (Fsp3) is 0.714. The van der Waals surface area contributed by atoms with Crippen molar-refractivity contribution >= 4 is 0 Å². The summed E-state index contributed by atoms with van der Waals surface area (Å²) in [5.74, 6) is 0. The Balaban J connectivity index is 3.60. The third-order valence-corrected chi connectivity index (χ3v) is 1.25. The van der Waals surface area contributed by atoms with Crippen LogP contribution < -0.4 is 0 Å². The van der Waals surface area contributed by atoms with Crippen LogP contribution in [0.4, 0.5) is 0 Å². The fourth-order valence-electron chi connectivity index (χ4n) is 0.700. The fourth-order valence-corrected chi connectivity index (χ4v) is 0.700. The number of unbranched alkanes of at least 4 members (excludes halogenated alkanes) is 1. The molecule has 0 aromatic carbocycles. The Labute approximate surface area is 60.9 Å². The first-order valence-corrected chi connectivity index (χ1v) is 3.47. The van der Waals surface area contributed by atoms with Crippen LogP contribution in [-0.4, -0.2) is 4.92 Å². The van der Waals surface area contributed by atoms with Gasteiger partial charge >= 0.3 is 0 Å². The molecule has 0 aromatic heterocycles. The van der Waals surface area contributed by atoms with Crippen LogP contribution in [-0.2, 0) is 0 Å². The highest BCUT2D eigenvalue weighted by Gasteiger charge is 1.93. The van der Waals surface area contributed by atoms with Crippen LogP contribution >= 0.6 is 0 Å². The lowest BCUT2D eigenvalue weighted by atomic mass is 10.1. The van der Waals surface area contributed by atoms with Crippen LogP contribution in [0.15, 0.2) is 11.8 Å². The molecule has 0 aliphatic rings. The van der Waals surface area contributed by atoms with Gasteiger partial charge in [0.25, 0.3) is 0 Å². The molecule has 0 aliphatic carbocycles. The average Bonchev–Trinajstić information content (AvgIpc) is 1.82. The maximum absolute atomic E-state index is 9.90. The molecule has 3 heteroatoms. The Morgan fingerprint density at radius 2 is 2.30 bits per heavy atom. The zero-order chi connectivity index (χ0) is 7.98. The average molecular weight is 143 g/mol. The van der Waals surface area contributed by atoms with Crippen molar-refractivity contribution in [3.8, 4) is 0 Å². The number of hydrogen-bond acceptors (Lipinski definition) is 2. The van der Waals surface area contributed by atoms with Crippen molar-refractivity contribution in [3.05, 3.63) is 21.9 Å². The van der Waals surface area contributed by atoms with E-state index in [4.69, 9.17) is 0 Å². The molecular formula is C7H13NO2.